The minimum atomic E-state index is -0.458. The third kappa shape index (κ3) is 2.71. The molecule has 0 amide bonds. The first-order valence-electron chi connectivity index (χ1n) is 5.96. The van der Waals surface area contributed by atoms with Gasteiger partial charge >= 0.3 is 0 Å². The number of phenolic OH excluding ortho intramolecular Hbond substituents is 2. The molecule has 0 radical (unpaired) electrons. The predicted molar refractivity (Wildman–Crippen MR) is 80.0 cm³/mol. The molecular weight excluding hydrogens is 340 g/mol. The van der Waals surface area contributed by atoms with Crippen molar-refractivity contribution in [2.45, 2.75) is 0 Å². The molecule has 0 saturated carbocycles. The minimum Gasteiger partial charge on any atom is -0.508 e. The van der Waals surface area contributed by atoms with Crippen molar-refractivity contribution in [3.63, 3.8) is 0 Å². The Balaban J connectivity index is 2.08. The van der Waals surface area contributed by atoms with Gasteiger partial charge in [0.2, 0.25) is 0 Å². The van der Waals surface area contributed by atoms with Gasteiger partial charge in [0.15, 0.2) is 5.43 Å². The lowest BCUT2D eigenvalue weighted by molar-refractivity contribution is 0.352. The Morgan fingerprint density at radius 1 is 1.05 bits per heavy atom. The van der Waals surface area contributed by atoms with Crippen molar-refractivity contribution in [2.24, 2.45) is 0 Å². The third-order valence-corrected chi connectivity index (χ3v) is 3.33. The van der Waals surface area contributed by atoms with E-state index in [-0.39, 0.29) is 28.4 Å². The molecule has 0 aliphatic rings. The fourth-order valence-electron chi connectivity index (χ4n) is 1.90. The van der Waals surface area contributed by atoms with Crippen molar-refractivity contribution in [3.8, 4) is 23.2 Å². The summed E-state index contributed by atoms with van der Waals surface area (Å²) in [5.74, 6) is -0.0808. The monoisotopic (exact) mass is 348 g/mol. The average molecular weight is 349 g/mol. The standard InChI is InChI=1S/C15H9BrO5/c16-8-1-3-10(4-2-8)20-14-7-12(19)15-11(18)5-9(17)6-13(15)21-14/h1-7,17-18H. The quantitative estimate of drug-likeness (QED) is 0.736. The number of hydrogen-bond donors (Lipinski definition) is 2. The fourth-order valence-corrected chi connectivity index (χ4v) is 2.17. The molecule has 21 heavy (non-hydrogen) atoms. The molecule has 6 heteroatoms. The molecule has 0 saturated heterocycles. The normalized spacial score (nSPS) is 10.7. The highest BCUT2D eigenvalue weighted by atomic mass is 79.9. The number of fused-ring (bicyclic) bond motifs is 1. The molecule has 2 N–H and O–H groups in total. The maximum atomic E-state index is 12.0. The van der Waals surface area contributed by atoms with E-state index in [0.717, 1.165) is 16.6 Å². The summed E-state index contributed by atoms with van der Waals surface area (Å²) in [5, 5.41) is 19.1. The number of rotatable bonds is 2. The van der Waals surface area contributed by atoms with Gasteiger partial charge in [-0.05, 0) is 24.3 Å². The molecule has 0 spiro atoms. The Kier molecular flexibility index (Phi) is 3.31. The molecule has 0 fully saturated rings. The smallest absolute Gasteiger partial charge is 0.294 e. The van der Waals surface area contributed by atoms with Gasteiger partial charge in [0.05, 0.1) is 6.07 Å². The number of phenols is 2. The maximum Gasteiger partial charge on any atom is 0.294 e. The largest absolute Gasteiger partial charge is 0.508 e. The number of hydrogen-bond acceptors (Lipinski definition) is 5. The lowest BCUT2D eigenvalue weighted by atomic mass is 10.2. The summed E-state index contributed by atoms with van der Waals surface area (Å²) >= 11 is 3.31. The first-order chi connectivity index (χ1) is 10.0. The number of ether oxygens (including phenoxy) is 1. The second-order valence-corrected chi connectivity index (χ2v) is 5.24. The molecule has 1 heterocycles. The molecular formula is C15H9BrO5. The summed E-state index contributed by atoms with van der Waals surface area (Å²) in [6.07, 6.45) is 0. The van der Waals surface area contributed by atoms with Crippen LogP contribution in [0.1, 0.15) is 0 Å². The van der Waals surface area contributed by atoms with Crippen molar-refractivity contribution in [1.82, 2.24) is 0 Å². The average Bonchev–Trinajstić information content (AvgIpc) is 2.40. The Morgan fingerprint density at radius 3 is 2.48 bits per heavy atom. The Labute approximate surface area is 127 Å². The highest BCUT2D eigenvalue weighted by Gasteiger charge is 2.12. The predicted octanol–water partition coefficient (Wildman–Crippen LogP) is 3.76. The molecule has 5 nitrogen and oxygen atoms in total. The van der Waals surface area contributed by atoms with Gasteiger partial charge in [-0.25, -0.2) is 0 Å². The van der Waals surface area contributed by atoms with E-state index >= 15 is 0 Å². The molecule has 0 aliphatic heterocycles. The highest BCUT2D eigenvalue weighted by Crippen LogP contribution is 2.31. The van der Waals surface area contributed by atoms with E-state index in [4.69, 9.17) is 9.15 Å². The first kappa shape index (κ1) is 13.5. The van der Waals surface area contributed by atoms with Crippen LogP contribution in [0.4, 0.5) is 0 Å². The second-order valence-electron chi connectivity index (χ2n) is 4.32. The molecule has 1 aromatic heterocycles. The van der Waals surface area contributed by atoms with Crippen molar-refractivity contribution in [1.29, 1.82) is 0 Å². The van der Waals surface area contributed by atoms with Crippen LogP contribution in [0.25, 0.3) is 11.0 Å². The van der Waals surface area contributed by atoms with Crippen LogP contribution >= 0.6 is 15.9 Å². The summed E-state index contributed by atoms with van der Waals surface area (Å²) in [6.45, 7) is 0. The van der Waals surface area contributed by atoms with Gasteiger partial charge in [0.25, 0.3) is 5.95 Å². The van der Waals surface area contributed by atoms with Gasteiger partial charge in [-0.2, -0.15) is 0 Å². The van der Waals surface area contributed by atoms with Crippen LogP contribution in [-0.2, 0) is 0 Å². The summed E-state index contributed by atoms with van der Waals surface area (Å²) in [4.78, 5) is 12.0. The summed E-state index contributed by atoms with van der Waals surface area (Å²) < 4.78 is 11.7. The Hall–Kier alpha value is -2.47. The van der Waals surface area contributed by atoms with E-state index in [9.17, 15) is 15.0 Å². The number of aromatic hydroxyl groups is 2. The molecule has 3 aromatic rings. The second kappa shape index (κ2) is 5.14. The van der Waals surface area contributed by atoms with E-state index in [0.29, 0.717) is 5.75 Å². The van der Waals surface area contributed by atoms with Gasteiger partial charge in [0, 0.05) is 16.6 Å². The van der Waals surface area contributed by atoms with Gasteiger partial charge in [-0.15, -0.1) is 0 Å². The van der Waals surface area contributed by atoms with Gasteiger partial charge in [-0.1, -0.05) is 15.9 Å². The highest BCUT2D eigenvalue weighted by molar-refractivity contribution is 9.10. The molecule has 106 valence electrons. The summed E-state index contributed by atoms with van der Waals surface area (Å²) in [6, 6.07) is 10.4. The lowest BCUT2D eigenvalue weighted by Crippen LogP contribution is -2.00. The summed E-state index contributed by atoms with van der Waals surface area (Å²) in [7, 11) is 0. The topological polar surface area (TPSA) is 79.9 Å². The van der Waals surface area contributed by atoms with Gasteiger partial charge < -0.3 is 19.4 Å². The molecule has 0 unspecified atom stereocenters. The molecule has 2 aromatic carbocycles. The zero-order valence-corrected chi connectivity index (χ0v) is 12.1. The van der Waals surface area contributed by atoms with Gasteiger partial charge in [-0.3, -0.25) is 4.79 Å². The number of benzene rings is 2. The zero-order valence-electron chi connectivity index (χ0n) is 10.5. The van der Waals surface area contributed by atoms with Crippen LogP contribution in [0.2, 0.25) is 0 Å². The maximum absolute atomic E-state index is 12.0. The zero-order chi connectivity index (χ0) is 15.0. The van der Waals surface area contributed by atoms with E-state index in [1.54, 1.807) is 24.3 Å². The van der Waals surface area contributed by atoms with E-state index < -0.39 is 5.43 Å². The fraction of sp³-hybridized carbons (Fsp3) is 0. The molecule has 0 aliphatic carbocycles. The van der Waals surface area contributed by atoms with E-state index in [2.05, 4.69) is 15.9 Å². The van der Waals surface area contributed by atoms with Gasteiger partial charge in [0.1, 0.15) is 28.2 Å². The minimum absolute atomic E-state index is 0.00374. The van der Waals surface area contributed by atoms with Crippen LogP contribution in [0.5, 0.6) is 23.2 Å². The molecule has 3 rings (SSSR count). The van der Waals surface area contributed by atoms with E-state index in [1.165, 1.54) is 6.07 Å². The number of halogens is 1. The van der Waals surface area contributed by atoms with Crippen molar-refractivity contribution < 1.29 is 19.4 Å². The molecule has 0 atom stereocenters. The van der Waals surface area contributed by atoms with E-state index in [1.807, 2.05) is 0 Å². The van der Waals surface area contributed by atoms with Crippen molar-refractivity contribution in [3.05, 3.63) is 57.2 Å². The van der Waals surface area contributed by atoms with Crippen LogP contribution in [0, 0.1) is 0 Å². The van der Waals surface area contributed by atoms with Crippen LogP contribution in [0.3, 0.4) is 0 Å². The van der Waals surface area contributed by atoms with Crippen molar-refractivity contribution >= 4 is 26.9 Å². The Morgan fingerprint density at radius 2 is 1.76 bits per heavy atom. The molecule has 0 bridgehead atoms. The van der Waals surface area contributed by atoms with Crippen LogP contribution in [-0.4, -0.2) is 10.2 Å². The third-order valence-electron chi connectivity index (χ3n) is 2.80. The van der Waals surface area contributed by atoms with Crippen LogP contribution < -0.4 is 10.2 Å². The first-order valence-corrected chi connectivity index (χ1v) is 6.75. The van der Waals surface area contributed by atoms with Crippen LogP contribution in [0.15, 0.2) is 56.1 Å². The SMILES string of the molecule is O=c1cc(Oc2ccc(Br)cc2)oc2cc(O)cc(O)c12. The Bertz CT molecular complexity index is 868. The summed E-state index contributed by atoms with van der Waals surface area (Å²) in [5.41, 5.74) is -0.409. The van der Waals surface area contributed by atoms with Crippen molar-refractivity contribution in [2.75, 3.05) is 0 Å². The lowest BCUT2D eigenvalue weighted by Gasteiger charge is -2.06.